The highest BCUT2D eigenvalue weighted by Crippen LogP contribution is 2.41. The van der Waals surface area contributed by atoms with E-state index in [2.05, 4.69) is 36.2 Å². The van der Waals surface area contributed by atoms with E-state index < -0.39 is 0 Å². The van der Waals surface area contributed by atoms with Crippen LogP contribution in [0.25, 0.3) is 11.1 Å². The molecule has 2 aliphatic rings. The van der Waals surface area contributed by atoms with Crippen LogP contribution in [0.15, 0.2) is 22.7 Å². The van der Waals surface area contributed by atoms with Crippen molar-refractivity contribution in [2.45, 2.75) is 59.0 Å². The van der Waals surface area contributed by atoms with E-state index in [-0.39, 0.29) is 23.9 Å². The van der Waals surface area contributed by atoms with Gasteiger partial charge >= 0.3 is 0 Å². The van der Waals surface area contributed by atoms with Gasteiger partial charge in [0.15, 0.2) is 6.79 Å². The predicted molar refractivity (Wildman–Crippen MR) is 120 cm³/mol. The fraction of sp³-hybridized carbons (Fsp3) is 0.480. The summed E-state index contributed by atoms with van der Waals surface area (Å²) in [6.45, 7) is 7.14. The second kappa shape index (κ2) is 8.41. The lowest BCUT2D eigenvalue weighted by Crippen LogP contribution is -2.27. The summed E-state index contributed by atoms with van der Waals surface area (Å²) >= 11 is 0. The van der Waals surface area contributed by atoms with E-state index in [0.29, 0.717) is 65.5 Å². The number of aromatic nitrogens is 2. The average Bonchev–Trinajstić information content (AvgIpc) is 3.54. The number of amides is 1. The molecule has 2 aromatic heterocycles. The summed E-state index contributed by atoms with van der Waals surface area (Å²) in [5.74, 6) is 0.462. The Bertz CT molecular complexity index is 1210. The monoisotopic (exact) mass is 453 g/mol. The van der Waals surface area contributed by atoms with E-state index in [4.69, 9.17) is 14.0 Å². The van der Waals surface area contributed by atoms with Crippen molar-refractivity contribution in [1.29, 1.82) is 0 Å². The number of fused-ring (bicyclic) bond motifs is 2. The highest BCUT2D eigenvalue weighted by atomic mass is 19.1. The molecule has 1 N–H and O–H groups in total. The van der Waals surface area contributed by atoms with Gasteiger partial charge in [-0.1, -0.05) is 25.9 Å². The zero-order valence-corrected chi connectivity index (χ0v) is 19.2. The van der Waals surface area contributed by atoms with Crippen LogP contribution in [0.5, 0.6) is 5.75 Å². The molecule has 1 aliphatic carbocycles. The summed E-state index contributed by atoms with van der Waals surface area (Å²) in [7, 11) is 0. The Morgan fingerprint density at radius 2 is 2.06 bits per heavy atom. The fourth-order valence-corrected chi connectivity index (χ4v) is 4.27. The maximum absolute atomic E-state index is 14.0. The molecule has 0 unspecified atom stereocenters. The molecule has 33 heavy (non-hydrogen) atoms. The Morgan fingerprint density at radius 3 is 2.82 bits per heavy atom. The van der Waals surface area contributed by atoms with Gasteiger partial charge in [-0.2, -0.15) is 0 Å². The molecule has 0 atom stereocenters. The Morgan fingerprint density at radius 1 is 1.24 bits per heavy atom. The van der Waals surface area contributed by atoms with Gasteiger partial charge < -0.3 is 19.3 Å². The lowest BCUT2D eigenvalue weighted by atomic mass is 9.89. The van der Waals surface area contributed by atoms with Gasteiger partial charge in [0.25, 0.3) is 11.6 Å². The normalized spacial score (nSPS) is 15.9. The van der Waals surface area contributed by atoms with Crippen LogP contribution in [0, 0.1) is 11.2 Å². The number of hydrogen-bond donors (Lipinski definition) is 1. The van der Waals surface area contributed by atoms with Crippen molar-refractivity contribution in [2.24, 2.45) is 5.41 Å². The first-order chi connectivity index (χ1) is 15.8. The number of ether oxygens (including phenoxy) is 2. The van der Waals surface area contributed by atoms with E-state index in [0.717, 1.165) is 24.2 Å². The summed E-state index contributed by atoms with van der Waals surface area (Å²) in [6.07, 6.45) is 3.24. The molecule has 174 valence electrons. The van der Waals surface area contributed by atoms with Crippen molar-refractivity contribution in [3.05, 3.63) is 52.1 Å². The Kier molecular flexibility index (Phi) is 5.56. The summed E-state index contributed by atoms with van der Waals surface area (Å²) in [6, 6.07) is 4.75. The Hall–Kier alpha value is -3.00. The van der Waals surface area contributed by atoms with Crippen molar-refractivity contribution in [3.63, 3.8) is 0 Å². The number of carbonyl (C=O) groups excluding carboxylic acids is 1. The minimum atomic E-state index is -0.342. The molecule has 5 rings (SSSR count). The zero-order valence-electron chi connectivity index (χ0n) is 19.2. The lowest BCUT2D eigenvalue weighted by Gasteiger charge is -2.21. The second-order valence-corrected chi connectivity index (χ2v) is 10.1. The zero-order chi connectivity index (χ0) is 23.2. The van der Waals surface area contributed by atoms with E-state index in [1.165, 1.54) is 12.1 Å². The number of hydrogen-bond acceptors (Lipinski definition) is 6. The van der Waals surface area contributed by atoms with Crippen LogP contribution in [0.4, 0.5) is 4.39 Å². The molecule has 0 bridgehead atoms. The van der Waals surface area contributed by atoms with Gasteiger partial charge in [0, 0.05) is 23.7 Å². The molecule has 7 nitrogen and oxygen atoms in total. The topological polar surface area (TPSA) is 86.5 Å². The molecule has 1 aliphatic heterocycles. The molecule has 8 heteroatoms. The SMILES string of the molecule is CC(C)(C)Cc1noc2nc(C3CC3)cc(C(=O)NCCc3cc(F)cc4c3OCOC4)c12. The minimum absolute atomic E-state index is 0.0209. The third-order valence-corrected chi connectivity index (χ3v) is 5.91. The maximum Gasteiger partial charge on any atom is 0.259 e. The molecular formula is C25H28FN3O4. The van der Waals surface area contributed by atoms with Gasteiger partial charge in [0.2, 0.25) is 0 Å². The molecule has 1 fully saturated rings. The third-order valence-electron chi connectivity index (χ3n) is 5.91. The molecule has 1 saturated carbocycles. The van der Waals surface area contributed by atoms with Crippen molar-refractivity contribution in [1.82, 2.24) is 15.5 Å². The quantitative estimate of drug-likeness (QED) is 0.584. The highest BCUT2D eigenvalue weighted by molar-refractivity contribution is 6.06. The highest BCUT2D eigenvalue weighted by Gasteiger charge is 2.30. The first-order valence-corrected chi connectivity index (χ1v) is 11.4. The first kappa shape index (κ1) is 21.8. The third kappa shape index (κ3) is 4.71. The maximum atomic E-state index is 14.0. The van der Waals surface area contributed by atoms with Crippen LogP contribution in [0.1, 0.15) is 72.4 Å². The number of nitrogens with zero attached hydrogens (tertiary/aromatic N) is 2. The van der Waals surface area contributed by atoms with Crippen molar-refractivity contribution in [3.8, 4) is 5.75 Å². The minimum Gasteiger partial charge on any atom is -0.467 e. The van der Waals surface area contributed by atoms with E-state index in [9.17, 15) is 9.18 Å². The fourth-order valence-electron chi connectivity index (χ4n) is 4.27. The van der Waals surface area contributed by atoms with Crippen LogP contribution >= 0.6 is 0 Å². The van der Waals surface area contributed by atoms with Gasteiger partial charge in [-0.25, -0.2) is 9.37 Å². The first-order valence-electron chi connectivity index (χ1n) is 11.4. The van der Waals surface area contributed by atoms with Crippen LogP contribution in [-0.4, -0.2) is 29.4 Å². The van der Waals surface area contributed by atoms with E-state index >= 15 is 0 Å². The van der Waals surface area contributed by atoms with Gasteiger partial charge in [0.05, 0.1) is 23.3 Å². The van der Waals surface area contributed by atoms with Gasteiger partial charge in [-0.3, -0.25) is 4.79 Å². The summed E-state index contributed by atoms with van der Waals surface area (Å²) in [4.78, 5) is 17.9. The van der Waals surface area contributed by atoms with Crippen LogP contribution in [0.3, 0.4) is 0 Å². The number of pyridine rings is 1. The van der Waals surface area contributed by atoms with Crippen LogP contribution in [-0.2, 0) is 24.2 Å². The molecule has 0 spiro atoms. The average molecular weight is 454 g/mol. The van der Waals surface area contributed by atoms with Crippen LogP contribution < -0.4 is 10.1 Å². The molecule has 1 amide bonds. The van der Waals surface area contributed by atoms with Gasteiger partial charge in [0.1, 0.15) is 11.6 Å². The molecule has 3 heterocycles. The molecule has 3 aromatic rings. The van der Waals surface area contributed by atoms with Gasteiger partial charge in [-0.05, 0) is 54.9 Å². The standard InChI is InChI=1S/C25H28FN3O4/c1-25(2,3)11-20-21-18(10-19(14-4-5-14)28-24(21)33-29-20)23(30)27-7-6-15-8-17(26)9-16-12-31-13-32-22(15)16/h8-10,14H,4-7,11-13H2,1-3H3,(H,27,30). The molecular weight excluding hydrogens is 425 g/mol. The summed E-state index contributed by atoms with van der Waals surface area (Å²) < 4.78 is 30.4. The van der Waals surface area contributed by atoms with Crippen molar-refractivity contribution in [2.75, 3.05) is 13.3 Å². The number of halogens is 1. The van der Waals surface area contributed by atoms with Gasteiger partial charge in [-0.15, -0.1) is 0 Å². The van der Waals surface area contributed by atoms with E-state index in [1.54, 1.807) is 0 Å². The summed E-state index contributed by atoms with van der Waals surface area (Å²) in [5, 5.41) is 7.91. The predicted octanol–water partition coefficient (Wildman–Crippen LogP) is 4.67. The lowest BCUT2D eigenvalue weighted by molar-refractivity contribution is -0.0172. The largest absolute Gasteiger partial charge is 0.467 e. The smallest absolute Gasteiger partial charge is 0.259 e. The number of benzene rings is 1. The van der Waals surface area contributed by atoms with Crippen LogP contribution in [0.2, 0.25) is 0 Å². The second-order valence-electron chi connectivity index (χ2n) is 10.1. The number of nitrogens with one attached hydrogen (secondary N) is 1. The Balaban J connectivity index is 1.39. The number of carbonyl (C=O) groups is 1. The molecule has 0 saturated heterocycles. The number of rotatable bonds is 6. The molecule has 0 radical (unpaired) electrons. The Labute approximate surface area is 191 Å². The van der Waals surface area contributed by atoms with Crippen molar-refractivity contribution >= 4 is 17.0 Å². The van der Waals surface area contributed by atoms with Crippen molar-refractivity contribution < 1.29 is 23.2 Å². The molecule has 1 aromatic carbocycles. The summed E-state index contributed by atoms with van der Waals surface area (Å²) in [5.41, 5.74) is 3.94. The van der Waals surface area contributed by atoms with E-state index in [1.807, 2.05) is 6.07 Å².